The summed E-state index contributed by atoms with van der Waals surface area (Å²) in [7, 11) is 1.79. The van der Waals surface area contributed by atoms with Crippen LogP contribution < -0.4 is 0 Å². The predicted molar refractivity (Wildman–Crippen MR) is 92.5 cm³/mol. The van der Waals surface area contributed by atoms with Gasteiger partial charge in [-0.25, -0.2) is 4.99 Å². The highest BCUT2D eigenvalue weighted by Gasteiger charge is 2.16. The van der Waals surface area contributed by atoms with Gasteiger partial charge in [-0.1, -0.05) is 41.7 Å². The molecular weight excluding hydrogens is 316 g/mol. The Labute approximate surface area is 138 Å². The summed E-state index contributed by atoms with van der Waals surface area (Å²) in [6.07, 6.45) is 1.62. The van der Waals surface area contributed by atoms with Gasteiger partial charge >= 0.3 is 0 Å². The zero-order chi connectivity index (χ0) is 15.4. The fraction of sp³-hybridized carbons (Fsp3) is 0.250. The van der Waals surface area contributed by atoms with Crippen LogP contribution in [-0.2, 0) is 17.1 Å². The molecule has 22 heavy (non-hydrogen) atoms. The summed E-state index contributed by atoms with van der Waals surface area (Å²) in [5, 5.41) is 0. The topological polar surface area (TPSA) is 45.8 Å². The minimum absolute atomic E-state index is 0.0727. The lowest BCUT2D eigenvalue weighted by molar-refractivity contribution is -0.127. The lowest BCUT2D eigenvalue weighted by atomic mass is 10.2. The molecule has 1 aliphatic rings. The van der Waals surface area contributed by atoms with Crippen molar-refractivity contribution in [2.75, 3.05) is 12.8 Å². The van der Waals surface area contributed by atoms with E-state index in [9.17, 15) is 4.79 Å². The monoisotopic (exact) mass is 332 g/mol. The molecule has 1 amide bonds. The van der Waals surface area contributed by atoms with Crippen LogP contribution in [0.5, 0.6) is 0 Å². The molecule has 2 aromatic rings. The number of rotatable bonds is 4. The van der Waals surface area contributed by atoms with Crippen LogP contribution in [0.15, 0.2) is 52.1 Å². The number of para-hydroxylation sites is 1. The number of amides is 1. The second kappa shape index (κ2) is 7.07. The number of fused-ring (bicyclic) bond motifs is 1. The molecule has 4 nitrogen and oxygen atoms in total. The summed E-state index contributed by atoms with van der Waals surface area (Å²) in [5.74, 6) is 2.17. The first kappa shape index (κ1) is 15.2. The van der Waals surface area contributed by atoms with E-state index in [-0.39, 0.29) is 5.91 Å². The Morgan fingerprint density at radius 3 is 3.05 bits per heavy atom. The molecule has 6 heteroatoms. The van der Waals surface area contributed by atoms with Gasteiger partial charge in [-0.05, 0) is 23.8 Å². The average Bonchev–Trinajstić information content (AvgIpc) is 3.05. The number of carbonyl (C=O) groups is 1. The first-order valence-electron chi connectivity index (χ1n) is 6.91. The average molecular weight is 332 g/mol. The van der Waals surface area contributed by atoms with Gasteiger partial charge in [0, 0.05) is 12.8 Å². The van der Waals surface area contributed by atoms with Gasteiger partial charge in [0.1, 0.15) is 10.1 Å². The number of carbonyl (C=O) groups excluding carboxylic acids is 1. The molecule has 0 N–H and O–H groups in total. The van der Waals surface area contributed by atoms with E-state index in [0.29, 0.717) is 12.3 Å². The number of aliphatic imine (C=N–C) groups is 1. The van der Waals surface area contributed by atoms with Gasteiger partial charge in [-0.3, -0.25) is 4.79 Å². The maximum atomic E-state index is 12.2. The summed E-state index contributed by atoms with van der Waals surface area (Å²) in [6.45, 7) is 0.495. The van der Waals surface area contributed by atoms with Crippen LogP contribution in [0.4, 0.5) is 5.69 Å². The zero-order valence-electron chi connectivity index (χ0n) is 12.2. The Kier molecular flexibility index (Phi) is 4.90. The molecule has 1 aliphatic heterocycles. The molecule has 0 spiro atoms. The van der Waals surface area contributed by atoms with Crippen molar-refractivity contribution in [3.8, 4) is 0 Å². The van der Waals surface area contributed by atoms with Crippen molar-refractivity contribution in [3.05, 3.63) is 54.0 Å². The van der Waals surface area contributed by atoms with Gasteiger partial charge in [0.2, 0.25) is 5.91 Å². The molecule has 0 unspecified atom stereocenters. The van der Waals surface area contributed by atoms with Crippen LogP contribution in [0.25, 0.3) is 0 Å². The van der Waals surface area contributed by atoms with Crippen LogP contribution in [-0.4, -0.2) is 28.0 Å². The van der Waals surface area contributed by atoms with E-state index in [1.54, 1.807) is 30.0 Å². The van der Waals surface area contributed by atoms with Gasteiger partial charge in [0.05, 0.1) is 24.2 Å². The molecule has 3 rings (SSSR count). The smallest absolute Gasteiger partial charge is 0.233 e. The molecule has 0 bridgehead atoms. The van der Waals surface area contributed by atoms with Crippen LogP contribution in [0.3, 0.4) is 0 Å². The van der Waals surface area contributed by atoms with E-state index < -0.39 is 0 Å². The van der Waals surface area contributed by atoms with Gasteiger partial charge in [0.25, 0.3) is 0 Å². The molecule has 0 saturated carbocycles. The Morgan fingerprint density at radius 1 is 1.36 bits per heavy atom. The number of thioether (sulfide) groups is 2. The minimum Gasteiger partial charge on any atom is -0.467 e. The van der Waals surface area contributed by atoms with Crippen molar-refractivity contribution in [1.29, 1.82) is 0 Å². The van der Waals surface area contributed by atoms with E-state index in [1.807, 2.05) is 30.3 Å². The van der Waals surface area contributed by atoms with Gasteiger partial charge in [0.15, 0.2) is 0 Å². The largest absolute Gasteiger partial charge is 0.467 e. The third kappa shape index (κ3) is 3.75. The minimum atomic E-state index is 0.0727. The predicted octanol–water partition coefficient (Wildman–Crippen LogP) is 3.91. The fourth-order valence-corrected chi connectivity index (χ4v) is 4.05. The van der Waals surface area contributed by atoms with Gasteiger partial charge < -0.3 is 9.32 Å². The lowest BCUT2D eigenvalue weighted by Gasteiger charge is -2.17. The summed E-state index contributed by atoms with van der Waals surface area (Å²) >= 11 is 3.19. The second-order valence-corrected chi connectivity index (χ2v) is 7.10. The number of benzene rings is 1. The molecule has 0 fully saturated rings. The van der Waals surface area contributed by atoms with Crippen molar-refractivity contribution in [2.45, 2.75) is 12.3 Å². The summed E-state index contributed by atoms with van der Waals surface area (Å²) in [6, 6.07) is 11.8. The Balaban J connectivity index is 1.54. The normalized spacial score (nSPS) is 13.4. The van der Waals surface area contributed by atoms with Crippen LogP contribution in [0.2, 0.25) is 0 Å². The molecule has 114 valence electrons. The maximum Gasteiger partial charge on any atom is 0.233 e. The van der Waals surface area contributed by atoms with Crippen molar-refractivity contribution in [1.82, 2.24) is 4.90 Å². The second-order valence-electron chi connectivity index (χ2n) is 4.91. The Morgan fingerprint density at radius 2 is 2.23 bits per heavy atom. The maximum absolute atomic E-state index is 12.2. The standard InChI is InChI=1S/C16H16N2O2S2/c1-18(9-13-6-4-8-20-13)15(19)11-22-16-17-14-7-3-2-5-12(14)10-21-16/h2-8H,9-11H2,1H3. The Hall–Kier alpha value is -1.66. The fourth-order valence-electron chi connectivity index (χ4n) is 2.04. The van der Waals surface area contributed by atoms with Crippen LogP contribution in [0.1, 0.15) is 11.3 Å². The SMILES string of the molecule is CN(Cc1ccco1)C(=O)CSC1=Nc2ccccc2CS1. The number of hydrogen-bond acceptors (Lipinski definition) is 5. The van der Waals surface area contributed by atoms with E-state index >= 15 is 0 Å². The summed E-state index contributed by atoms with van der Waals surface area (Å²) in [5.41, 5.74) is 2.26. The zero-order valence-corrected chi connectivity index (χ0v) is 13.8. The van der Waals surface area contributed by atoms with E-state index in [2.05, 4.69) is 11.1 Å². The molecule has 0 aliphatic carbocycles. The van der Waals surface area contributed by atoms with E-state index in [1.165, 1.54) is 17.3 Å². The molecule has 0 saturated heterocycles. The van der Waals surface area contributed by atoms with Crippen molar-refractivity contribution in [3.63, 3.8) is 0 Å². The molecule has 1 aromatic heterocycles. The Bertz CT molecular complexity index is 683. The van der Waals surface area contributed by atoms with E-state index in [4.69, 9.17) is 4.42 Å². The summed E-state index contributed by atoms with van der Waals surface area (Å²) in [4.78, 5) is 18.4. The van der Waals surface area contributed by atoms with Crippen molar-refractivity contribution >= 4 is 39.5 Å². The molecule has 1 aromatic carbocycles. The first-order valence-corrected chi connectivity index (χ1v) is 8.88. The van der Waals surface area contributed by atoms with Crippen LogP contribution in [0, 0.1) is 0 Å². The highest BCUT2D eigenvalue weighted by atomic mass is 32.2. The highest BCUT2D eigenvalue weighted by molar-refractivity contribution is 8.38. The molecular formula is C16H16N2O2S2. The number of nitrogens with zero attached hydrogens (tertiary/aromatic N) is 2. The number of furan rings is 1. The lowest BCUT2D eigenvalue weighted by Crippen LogP contribution is -2.28. The quantitative estimate of drug-likeness (QED) is 0.852. The highest BCUT2D eigenvalue weighted by Crippen LogP contribution is 2.34. The number of hydrogen-bond donors (Lipinski definition) is 0. The first-order chi connectivity index (χ1) is 10.7. The van der Waals surface area contributed by atoms with Crippen molar-refractivity contribution < 1.29 is 9.21 Å². The van der Waals surface area contributed by atoms with E-state index in [0.717, 1.165) is 21.6 Å². The van der Waals surface area contributed by atoms with Gasteiger partial charge in [-0.2, -0.15) is 0 Å². The van der Waals surface area contributed by atoms with Crippen LogP contribution >= 0.6 is 23.5 Å². The van der Waals surface area contributed by atoms with Gasteiger partial charge in [-0.15, -0.1) is 0 Å². The third-order valence-electron chi connectivity index (χ3n) is 3.27. The molecule has 0 radical (unpaired) electrons. The van der Waals surface area contributed by atoms with Crippen molar-refractivity contribution in [2.24, 2.45) is 4.99 Å². The molecule has 0 atom stereocenters. The third-order valence-corrected chi connectivity index (χ3v) is 5.50. The molecule has 2 heterocycles. The summed E-state index contributed by atoms with van der Waals surface area (Å²) < 4.78 is 6.22.